The van der Waals surface area contributed by atoms with E-state index in [1.165, 1.54) is 17.0 Å². The van der Waals surface area contributed by atoms with Crippen LogP contribution in [-0.2, 0) is 26.0 Å². The highest BCUT2D eigenvalue weighted by molar-refractivity contribution is 7.89. The Morgan fingerprint density at radius 3 is 2.87 bits per heavy atom. The summed E-state index contributed by atoms with van der Waals surface area (Å²) in [6.45, 7) is 0.621. The number of nitrogens with zero attached hydrogens (tertiary/aromatic N) is 1. The Labute approximate surface area is 133 Å². The van der Waals surface area contributed by atoms with Crippen LogP contribution in [0, 0.1) is 0 Å². The van der Waals surface area contributed by atoms with Gasteiger partial charge in [0, 0.05) is 19.3 Å². The van der Waals surface area contributed by atoms with Crippen molar-refractivity contribution in [2.24, 2.45) is 0 Å². The van der Waals surface area contributed by atoms with E-state index in [4.69, 9.17) is 4.74 Å². The molecule has 23 heavy (non-hydrogen) atoms. The second-order valence-electron chi connectivity index (χ2n) is 5.62. The van der Waals surface area contributed by atoms with Gasteiger partial charge in [-0.1, -0.05) is 0 Å². The molecule has 0 bridgehead atoms. The molecule has 0 radical (unpaired) electrons. The molecule has 1 aromatic rings. The lowest BCUT2D eigenvalue weighted by Crippen LogP contribution is -2.28. The SMILES string of the molecule is CN1CC(CCNS(=O)(=O)c2ccc3c(c2)CC(=O)N3)OC1=O. The third kappa shape index (κ3) is 3.30. The molecule has 1 atom stereocenters. The van der Waals surface area contributed by atoms with Gasteiger partial charge in [-0.2, -0.15) is 0 Å². The number of benzene rings is 1. The largest absolute Gasteiger partial charge is 0.444 e. The molecule has 1 unspecified atom stereocenters. The summed E-state index contributed by atoms with van der Waals surface area (Å²) in [6.07, 6.45) is -0.116. The Hall–Kier alpha value is -2.13. The summed E-state index contributed by atoms with van der Waals surface area (Å²) in [7, 11) is -2.03. The summed E-state index contributed by atoms with van der Waals surface area (Å²) in [6, 6.07) is 4.54. The van der Waals surface area contributed by atoms with Gasteiger partial charge in [0.2, 0.25) is 15.9 Å². The molecule has 1 saturated heterocycles. The molecule has 1 fully saturated rings. The quantitative estimate of drug-likeness (QED) is 0.803. The van der Waals surface area contributed by atoms with Crippen LogP contribution in [0.5, 0.6) is 0 Å². The summed E-state index contributed by atoms with van der Waals surface area (Å²) in [5, 5.41) is 2.66. The van der Waals surface area contributed by atoms with Crippen LogP contribution in [0.25, 0.3) is 0 Å². The van der Waals surface area contributed by atoms with Gasteiger partial charge in [-0.25, -0.2) is 17.9 Å². The molecule has 2 N–H and O–H groups in total. The Kier molecular flexibility index (Phi) is 3.99. The molecule has 2 aliphatic rings. The van der Waals surface area contributed by atoms with Crippen molar-refractivity contribution < 1.29 is 22.7 Å². The molecule has 8 nitrogen and oxygen atoms in total. The zero-order valence-electron chi connectivity index (χ0n) is 12.5. The fourth-order valence-electron chi connectivity index (χ4n) is 2.61. The first-order valence-electron chi connectivity index (χ1n) is 7.19. The van der Waals surface area contributed by atoms with Crippen LogP contribution in [0.15, 0.2) is 23.1 Å². The lowest BCUT2D eigenvalue weighted by molar-refractivity contribution is -0.115. The molecule has 2 heterocycles. The molecule has 3 rings (SSSR count). The first-order valence-corrected chi connectivity index (χ1v) is 8.68. The number of carbonyl (C=O) groups excluding carboxylic acids is 2. The van der Waals surface area contributed by atoms with Crippen molar-refractivity contribution in [1.29, 1.82) is 0 Å². The zero-order valence-corrected chi connectivity index (χ0v) is 13.4. The highest BCUT2D eigenvalue weighted by atomic mass is 32.2. The average Bonchev–Trinajstić information content (AvgIpc) is 2.99. The van der Waals surface area contributed by atoms with Crippen LogP contribution >= 0.6 is 0 Å². The molecule has 0 aromatic heterocycles. The fourth-order valence-corrected chi connectivity index (χ4v) is 3.71. The van der Waals surface area contributed by atoms with Crippen molar-refractivity contribution in [2.45, 2.75) is 23.8 Å². The zero-order chi connectivity index (χ0) is 16.6. The third-order valence-corrected chi connectivity index (χ3v) is 5.29. The average molecular weight is 339 g/mol. The minimum absolute atomic E-state index is 0.119. The summed E-state index contributed by atoms with van der Waals surface area (Å²) in [5.41, 5.74) is 1.32. The Morgan fingerprint density at radius 1 is 1.39 bits per heavy atom. The van der Waals surface area contributed by atoms with Gasteiger partial charge >= 0.3 is 6.09 Å². The summed E-state index contributed by atoms with van der Waals surface area (Å²) in [4.78, 5) is 24.1. The van der Waals surface area contributed by atoms with E-state index >= 15 is 0 Å². The van der Waals surface area contributed by atoms with Crippen LogP contribution in [-0.4, -0.2) is 51.6 Å². The number of likely N-dealkylation sites (N-methyl/N-ethyl adjacent to an activating group) is 1. The minimum atomic E-state index is -3.66. The first kappa shape index (κ1) is 15.8. The van der Waals surface area contributed by atoms with Crippen molar-refractivity contribution in [2.75, 3.05) is 25.5 Å². The number of sulfonamides is 1. The van der Waals surface area contributed by atoms with Crippen LogP contribution in [0.3, 0.4) is 0 Å². The standard InChI is InChI=1S/C14H17N3O5S/c1-17-8-10(22-14(17)19)4-5-15-23(20,21)11-2-3-12-9(6-11)7-13(18)16-12/h2-3,6,10,15H,4-5,7-8H2,1H3,(H,16,18). The molecule has 0 aliphatic carbocycles. The normalized spacial score (nSPS) is 20.4. The number of nitrogens with one attached hydrogen (secondary N) is 2. The summed E-state index contributed by atoms with van der Waals surface area (Å²) < 4.78 is 32.1. The summed E-state index contributed by atoms with van der Waals surface area (Å²) in [5.74, 6) is -0.144. The number of cyclic esters (lactones) is 1. The molecule has 2 amide bonds. The molecule has 124 valence electrons. The van der Waals surface area contributed by atoms with Crippen molar-refractivity contribution in [1.82, 2.24) is 9.62 Å². The molecule has 0 saturated carbocycles. The molecule has 1 aromatic carbocycles. The second kappa shape index (κ2) is 5.82. The first-order chi connectivity index (χ1) is 10.8. The topological polar surface area (TPSA) is 105 Å². The van der Waals surface area contributed by atoms with E-state index in [2.05, 4.69) is 10.0 Å². The van der Waals surface area contributed by atoms with Gasteiger partial charge < -0.3 is 15.0 Å². The van der Waals surface area contributed by atoms with Gasteiger partial charge in [0.25, 0.3) is 0 Å². The number of fused-ring (bicyclic) bond motifs is 1. The number of ether oxygens (including phenoxy) is 1. The Morgan fingerprint density at radius 2 is 2.17 bits per heavy atom. The predicted molar refractivity (Wildman–Crippen MR) is 81.5 cm³/mol. The summed E-state index contributed by atoms with van der Waals surface area (Å²) >= 11 is 0. The van der Waals surface area contributed by atoms with Gasteiger partial charge in [0.1, 0.15) is 6.10 Å². The minimum Gasteiger partial charge on any atom is -0.444 e. The number of rotatable bonds is 5. The number of carbonyl (C=O) groups is 2. The van der Waals surface area contributed by atoms with Crippen molar-refractivity contribution in [3.05, 3.63) is 23.8 Å². The Balaban J connectivity index is 1.60. The van der Waals surface area contributed by atoms with E-state index in [0.717, 1.165) is 0 Å². The van der Waals surface area contributed by atoms with Gasteiger partial charge in [-0.05, 0) is 30.2 Å². The molecule has 2 aliphatic heterocycles. The number of hydrogen-bond acceptors (Lipinski definition) is 5. The van der Waals surface area contributed by atoms with Gasteiger partial charge in [0.05, 0.1) is 17.9 Å². The highest BCUT2D eigenvalue weighted by Crippen LogP contribution is 2.25. The number of hydrogen-bond donors (Lipinski definition) is 2. The maximum absolute atomic E-state index is 12.3. The molecule has 9 heteroatoms. The monoisotopic (exact) mass is 339 g/mol. The number of anilines is 1. The van der Waals surface area contributed by atoms with Gasteiger partial charge in [-0.3, -0.25) is 4.79 Å². The van der Waals surface area contributed by atoms with Crippen LogP contribution in [0.1, 0.15) is 12.0 Å². The smallest absolute Gasteiger partial charge is 0.409 e. The number of amides is 2. The van der Waals surface area contributed by atoms with E-state index in [1.54, 1.807) is 13.1 Å². The highest BCUT2D eigenvalue weighted by Gasteiger charge is 2.28. The molecular weight excluding hydrogens is 322 g/mol. The molecule has 0 spiro atoms. The predicted octanol–water partition coefficient (Wildman–Crippen LogP) is 0.300. The van der Waals surface area contributed by atoms with E-state index in [0.29, 0.717) is 24.2 Å². The van der Waals surface area contributed by atoms with E-state index in [1.807, 2.05) is 0 Å². The fraction of sp³-hybridized carbons (Fsp3) is 0.429. The third-order valence-electron chi connectivity index (χ3n) is 3.83. The lowest BCUT2D eigenvalue weighted by Gasteiger charge is -2.10. The van der Waals surface area contributed by atoms with Crippen LogP contribution in [0.2, 0.25) is 0 Å². The Bertz CT molecular complexity index is 762. The second-order valence-corrected chi connectivity index (χ2v) is 7.38. The van der Waals surface area contributed by atoms with Crippen LogP contribution in [0.4, 0.5) is 10.5 Å². The molecular formula is C14H17N3O5S. The van der Waals surface area contributed by atoms with Crippen molar-refractivity contribution in [3.8, 4) is 0 Å². The van der Waals surface area contributed by atoms with Gasteiger partial charge in [-0.15, -0.1) is 0 Å². The maximum Gasteiger partial charge on any atom is 0.409 e. The van der Waals surface area contributed by atoms with E-state index in [-0.39, 0.29) is 29.9 Å². The van der Waals surface area contributed by atoms with Gasteiger partial charge in [0.15, 0.2) is 0 Å². The van der Waals surface area contributed by atoms with Crippen LogP contribution < -0.4 is 10.0 Å². The van der Waals surface area contributed by atoms with E-state index in [9.17, 15) is 18.0 Å². The van der Waals surface area contributed by atoms with Crippen molar-refractivity contribution >= 4 is 27.7 Å². The van der Waals surface area contributed by atoms with Crippen molar-refractivity contribution in [3.63, 3.8) is 0 Å². The lowest BCUT2D eigenvalue weighted by atomic mass is 10.2. The maximum atomic E-state index is 12.3. The van der Waals surface area contributed by atoms with E-state index < -0.39 is 16.1 Å².